The highest BCUT2D eigenvalue weighted by Gasteiger charge is 2.41. The second-order valence-corrected chi connectivity index (χ2v) is 5.87. The molecular formula is C15H30F3N5. The molecule has 136 valence electrons. The standard InChI is InChI=1S/C15H30F3N5/c1-5-19-14(20-7-8-21(4)6-2)23-11-9-22(10-12-23)13(3)15(16,17)18/h13H,5-12H2,1-4H3,(H,19,20). The minimum Gasteiger partial charge on any atom is -0.357 e. The van der Waals surface area contributed by atoms with E-state index in [-0.39, 0.29) is 0 Å². The smallest absolute Gasteiger partial charge is 0.357 e. The van der Waals surface area contributed by atoms with Gasteiger partial charge in [-0.15, -0.1) is 0 Å². The average Bonchev–Trinajstić information content (AvgIpc) is 2.52. The predicted octanol–water partition coefficient (Wildman–Crippen LogP) is 1.47. The molecular weight excluding hydrogens is 307 g/mol. The van der Waals surface area contributed by atoms with Gasteiger partial charge in [0, 0.05) is 39.3 Å². The van der Waals surface area contributed by atoms with Crippen molar-refractivity contribution in [2.75, 3.05) is 59.4 Å². The van der Waals surface area contributed by atoms with Crippen LogP contribution in [0.25, 0.3) is 0 Å². The quantitative estimate of drug-likeness (QED) is 0.588. The highest BCUT2D eigenvalue weighted by Crippen LogP contribution is 2.25. The van der Waals surface area contributed by atoms with Crippen molar-refractivity contribution < 1.29 is 13.2 Å². The van der Waals surface area contributed by atoms with E-state index in [1.165, 1.54) is 11.8 Å². The maximum atomic E-state index is 12.8. The zero-order valence-corrected chi connectivity index (χ0v) is 14.7. The van der Waals surface area contributed by atoms with Gasteiger partial charge in [-0.1, -0.05) is 6.92 Å². The van der Waals surface area contributed by atoms with Gasteiger partial charge >= 0.3 is 6.18 Å². The van der Waals surface area contributed by atoms with Crippen LogP contribution in [0, 0.1) is 0 Å². The zero-order chi connectivity index (χ0) is 17.5. The summed E-state index contributed by atoms with van der Waals surface area (Å²) in [4.78, 5) is 10.3. The molecule has 0 amide bonds. The van der Waals surface area contributed by atoms with Crippen molar-refractivity contribution in [3.63, 3.8) is 0 Å². The van der Waals surface area contributed by atoms with Crippen LogP contribution >= 0.6 is 0 Å². The molecule has 1 saturated heterocycles. The van der Waals surface area contributed by atoms with Crippen LogP contribution in [0.2, 0.25) is 0 Å². The number of rotatable bonds is 6. The summed E-state index contributed by atoms with van der Waals surface area (Å²) >= 11 is 0. The van der Waals surface area contributed by atoms with E-state index in [9.17, 15) is 13.2 Å². The molecule has 0 spiro atoms. The average molecular weight is 337 g/mol. The molecule has 1 heterocycles. The van der Waals surface area contributed by atoms with Gasteiger partial charge in [0.25, 0.3) is 0 Å². The lowest BCUT2D eigenvalue weighted by Crippen LogP contribution is -2.56. The van der Waals surface area contributed by atoms with Gasteiger partial charge in [0.1, 0.15) is 6.04 Å². The molecule has 1 unspecified atom stereocenters. The summed E-state index contributed by atoms with van der Waals surface area (Å²) in [7, 11) is 2.04. The fraction of sp³-hybridized carbons (Fsp3) is 0.933. The van der Waals surface area contributed by atoms with Crippen LogP contribution in [0.4, 0.5) is 13.2 Å². The molecule has 0 aromatic carbocycles. The summed E-state index contributed by atoms with van der Waals surface area (Å²) in [6.45, 7) is 10.5. The Morgan fingerprint density at radius 3 is 2.30 bits per heavy atom. The van der Waals surface area contributed by atoms with Crippen LogP contribution in [0.1, 0.15) is 20.8 Å². The molecule has 1 aliphatic heterocycles. The van der Waals surface area contributed by atoms with Crippen molar-refractivity contribution in [2.24, 2.45) is 4.99 Å². The molecule has 1 rings (SSSR count). The van der Waals surface area contributed by atoms with Gasteiger partial charge < -0.3 is 15.1 Å². The van der Waals surface area contributed by atoms with Gasteiger partial charge in [-0.3, -0.25) is 9.89 Å². The van der Waals surface area contributed by atoms with Crippen LogP contribution in [0.15, 0.2) is 4.99 Å². The van der Waals surface area contributed by atoms with Crippen molar-refractivity contribution in [1.82, 2.24) is 20.0 Å². The van der Waals surface area contributed by atoms with Crippen LogP contribution in [0.5, 0.6) is 0 Å². The maximum absolute atomic E-state index is 12.8. The first-order chi connectivity index (χ1) is 10.8. The van der Waals surface area contributed by atoms with Crippen LogP contribution in [-0.4, -0.2) is 92.3 Å². The van der Waals surface area contributed by atoms with E-state index in [4.69, 9.17) is 0 Å². The number of nitrogens with one attached hydrogen (secondary N) is 1. The Bertz CT molecular complexity index is 365. The fourth-order valence-corrected chi connectivity index (χ4v) is 2.44. The number of piperazine rings is 1. The highest BCUT2D eigenvalue weighted by molar-refractivity contribution is 5.80. The zero-order valence-electron chi connectivity index (χ0n) is 14.7. The topological polar surface area (TPSA) is 34.1 Å². The number of aliphatic imine (C=N–C) groups is 1. The second-order valence-electron chi connectivity index (χ2n) is 5.87. The molecule has 1 aliphatic rings. The summed E-state index contributed by atoms with van der Waals surface area (Å²) in [6.07, 6.45) is -4.16. The Labute approximate surface area is 137 Å². The molecule has 0 aromatic rings. The fourth-order valence-electron chi connectivity index (χ4n) is 2.44. The van der Waals surface area contributed by atoms with Gasteiger partial charge in [-0.25, -0.2) is 0 Å². The van der Waals surface area contributed by atoms with Crippen molar-refractivity contribution >= 4 is 5.96 Å². The van der Waals surface area contributed by atoms with Crippen molar-refractivity contribution in [3.05, 3.63) is 0 Å². The van der Waals surface area contributed by atoms with E-state index in [1.54, 1.807) is 0 Å². The number of hydrogen-bond acceptors (Lipinski definition) is 3. The van der Waals surface area contributed by atoms with Gasteiger partial charge in [0.05, 0.1) is 6.54 Å². The van der Waals surface area contributed by atoms with Crippen LogP contribution < -0.4 is 5.32 Å². The summed E-state index contributed by atoms with van der Waals surface area (Å²) in [6, 6.07) is -1.39. The number of nitrogens with zero attached hydrogens (tertiary/aromatic N) is 4. The Kier molecular flexibility index (Phi) is 8.11. The molecule has 5 nitrogen and oxygen atoms in total. The molecule has 0 radical (unpaired) electrons. The normalized spacial score (nSPS) is 19.3. The summed E-state index contributed by atoms with van der Waals surface area (Å²) in [5.74, 6) is 0.802. The van der Waals surface area contributed by atoms with Crippen LogP contribution in [-0.2, 0) is 0 Å². The molecule has 1 fully saturated rings. The van der Waals surface area contributed by atoms with E-state index in [1.807, 2.05) is 14.0 Å². The van der Waals surface area contributed by atoms with Gasteiger partial charge in [-0.2, -0.15) is 13.2 Å². The highest BCUT2D eigenvalue weighted by atomic mass is 19.4. The number of hydrogen-bond donors (Lipinski definition) is 1. The molecule has 23 heavy (non-hydrogen) atoms. The second kappa shape index (κ2) is 9.32. The first-order valence-electron chi connectivity index (χ1n) is 8.32. The lowest BCUT2D eigenvalue weighted by molar-refractivity contribution is -0.181. The molecule has 0 aromatic heterocycles. The van der Waals surface area contributed by atoms with Crippen molar-refractivity contribution in [2.45, 2.75) is 33.0 Å². The Morgan fingerprint density at radius 1 is 1.22 bits per heavy atom. The van der Waals surface area contributed by atoms with Crippen molar-refractivity contribution in [3.8, 4) is 0 Å². The summed E-state index contributed by atoms with van der Waals surface area (Å²) in [5, 5.41) is 3.24. The van der Waals surface area contributed by atoms with E-state index in [0.29, 0.717) is 32.7 Å². The number of likely N-dealkylation sites (N-methyl/N-ethyl adjacent to an activating group) is 1. The Balaban J connectivity index is 2.55. The lowest BCUT2D eigenvalue weighted by Gasteiger charge is -2.39. The lowest BCUT2D eigenvalue weighted by atomic mass is 10.2. The largest absolute Gasteiger partial charge is 0.403 e. The third kappa shape index (κ3) is 6.55. The minimum absolute atomic E-state index is 0.403. The number of guanidine groups is 1. The van der Waals surface area contributed by atoms with Crippen LogP contribution in [0.3, 0.4) is 0 Å². The summed E-state index contributed by atoms with van der Waals surface area (Å²) < 4.78 is 38.4. The first-order valence-corrected chi connectivity index (χ1v) is 8.32. The van der Waals surface area contributed by atoms with E-state index in [0.717, 1.165) is 25.6 Å². The molecule has 8 heteroatoms. The Morgan fingerprint density at radius 2 is 1.83 bits per heavy atom. The molecule has 0 aliphatic carbocycles. The third-order valence-corrected chi connectivity index (χ3v) is 4.25. The molecule has 0 bridgehead atoms. The van der Waals surface area contributed by atoms with Crippen molar-refractivity contribution in [1.29, 1.82) is 0 Å². The monoisotopic (exact) mass is 337 g/mol. The van der Waals surface area contributed by atoms with Gasteiger partial charge in [0.2, 0.25) is 0 Å². The van der Waals surface area contributed by atoms with Gasteiger partial charge in [-0.05, 0) is 27.4 Å². The molecule has 1 atom stereocenters. The number of halogens is 3. The number of alkyl halides is 3. The first kappa shape index (κ1) is 20.0. The Hall–Kier alpha value is -1.02. The third-order valence-electron chi connectivity index (χ3n) is 4.25. The van der Waals surface area contributed by atoms with E-state index >= 15 is 0 Å². The predicted molar refractivity (Wildman–Crippen MR) is 87.8 cm³/mol. The molecule has 0 saturated carbocycles. The SMILES string of the molecule is CCNC(=NCCN(C)CC)N1CCN(C(C)C(F)(F)F)CC1. The molecule has 1 N–H and O–H groups in total. The van der Waals surface area contributed by atoms with E-state index in [2.05, 4.69) is 27.0 Å². The van der Waals surface area contributed by atoms with E-state index < -0.39 is 12.2 Å². The minimum atomic E-state index is -4.16. The summed E-state index contributed by atoms with van der Waals surface area (Å²) in [5.41, 5.74) is 0. The maximum Gasteiger partial charge on any atom is 0.403 e. The van der Waals surface area contributed by atoms with Gasteiger partial charge in [0.15, 0.2) is 5.96 Å².